The van der Waals surface area contributed by atoms with Crippen LogP contribution in [0.15, 0.2) is 23.9 Å². The third-order valence-electron chi connectivity index (χ3n) is 1.14. The first-order chi connectivity index (χ1) is 3.72. The second-order valence-corrected chi connectivity index (χ2v) is 1.69. The Kier molecular flexibility index (Phi) is 3.01. The molecular weight excluding hydrogens is 98.1 g/mol. The molecule has 0 spiro atoms. The van der Waals surface area contributed by atoms with Crippen LogP contribution in [0.2, 0.25) is 0 Å². The molecule has 0 radical (unpaired) electrons. The molecule has 0 aromatic rings. The van der Waals surface area contributed by atoms with Crippen molar-refractivity contribution in [3.63, 3.8) is 0 Å². The lowest BCUT2D eigenvalue weighted by Crippen LogP contribution is -1.96. The van der Waals surface area contributed by atoms with Crippen molar-refractivity contribution in [2.45, 2.75) is 20.3 Å². The van der Waals surface area contributed by atoms with Crippen LogP contribution in [-0.2, 0) is 0 Å². The van der Waals surface area contributed by atoms with Gasteiger partial charge >= 0.3 is 0 Å². The van der Waals surface area contributed by atoms with E-state index in [2.05, 4.69) is 13.5 Å². The van der Waals surface area contributed by atoms with Gasteiger partial charge in [0.25, 0.3) is 0 Å². The lowest BCUT2D eigenvalue weighted by atomic mass is 10.1. The number of rotatable bonds is 2. The Labute approximate surface area is 50.9 Å². The van der Waals surface area contributed by atoms with Gasteiger partial charge in [-0.05, 0) is 18.9 Å². The molecule has 0 aliphatic carbocycles. The molecule has 46 valence electrons. The van der Waals surface area contributed by atoms with E-state index in [1.807, 2.05) is 13.0 Å². The summed E-state index contributed by atoms with van der Waals surface area (Å²) >= 11 is 0. The highest BCUT2D eigenvalue weighted by Gasteiger charge is 1.89. The number of allylic oxidation sites excluding steroid dienone is 2. The monoisotopic (exact) mass is 111 g/mol. The molecular formula is C7H13N. The van der Waals surface area contributed by atoms with E-state index >= 15 is 0 Å². The molecule has 0 aliphatic heterocycles. The maximum Gasteiger partial charge on any atom is 0.0270 e. The Hall–Kier alpha value is -0.720. The second kappa shape index (κ2) is 3.30. The maximum absolute atomic E-state index is 5.39. The summed E-state index contributed by atoms with van der Waals surface area (Å²) in [6.07, 6.45) is 2.97. The highest BCUT2D eigenvalue weighted by atomic mass is 14.6. The first-order valence-electron chi connectivity index (χ1n) is 2.82. The SMILES string of the molecule is C=C(N)/C(=C\C)CC. The molecule has 0 rings (SSSR count). The molecule has 2 N–H and O–H groups in total. The molecule has 0 unspecified atom stereocenters. The third kappa shape index (κ3) is 1.82. The van der Waals surface area contributed by atoms with Crippen LogP contribution < -0.4 is 5.73 Å². The van der Waals surface area contributed by atoms with Crippen LogP contribution >= 0.6 is 0 Å². The molecule has 0 fully saturated rings. The quantitative estimate of drug-likeness (QED) is 0.540. The van der Waals surface area contributed by atoms with Gasteiger partial charge in [0.2, 0.25) is 0 Å². The van der Waals surface area contributed by atoms with Gasteiger partial charge in [-0.3, -0.25) is 0 Å². The van der Waals surface area contributed by atoms with Crippen LogP contribution in [0.1, 0.15) is 20.3 Å². The number of nitrogens with two attached hydrogens (primary N) is 1. The van der Waals surface area contributed by atoms with E-state index in [-0.39, 0.29) is 0 Å². The maximum atomic E-state index is 5.39. The summed E-state index contributed by atoms with van der Waals surface area (Å²) in [4.78, 5) is 0. The predicted octanol–water partition coefficient (Wildman–Crippen LogP) is 1.82. The average Bonchev–Trinajstić information content (AvgIpc) is 1.69. The minimum atomic E-state index is 0.690. The molecule has 1 heteroatoms. The summed E-state index contributed by atoms with van der Waals surface area (Å²) < 4.78 is 0. The fourth-order valence-corrected chi connectivity index (χ4v) is 0.617. The summed E-state index contributed by atoms with van der Waals surface area (Å²) in [7, 11) is 0. The van der Waals surface area contributed by atoms with Gasteiger partial charge < -0.3 is 5.73 Å². The van der Waals surface area contributed by atoms with Gasteiger partial charge in [-0.1, -0.05) is 19.6 Å². The summed E-state index contributed by atoms with van der Waals surface area (Å²) in [5, 5.41) is 0. The average molecular weight is 111 g/mol. The summed E-state index contributed by atoms with van der Waals surface area (Å²) in [6, 6.07) is 0. The predicted molar refractivity (Wildman–Crippen MR) is 37.4 cm³/mol. The largest absolute Gasteiger partial charge is 0.399 e. The fourth-order valence-electron chi connectivity index (χ4n) is 0.617. The van der Waals surface area contributed by atoms with Crippen molar-refractivity contribution < 1.29 is 0 Å². The van der Waals surface area contributed by atoms with Crippen molar-refractivity contribution in [2.75, 3.05) is 0 Å². The van der Waals surface area contributed by atoms with Gasteiger partial charge in [0.05, 0.1) is 0 Å². The molecule has 0 saturated heterocycles. The van der Waals surface area contributed by atoms with Gasteiger partial charge in [-0.25, -0.2) is 0 Å². The van der Waals surface area contributed by atoms with Crippen molar-refractivity contribution in [3.8, 4) is 0 Å². The molecule has 0 bridgehead atoms. The standard InChI is InChI=1S/C7H13N/c1-4-7(5-2)6(3)8/h4H,3,5,8H2,1-2H3/b7-4-. The van der Waals surface area contributed by atoms with Gasteiger partial charge in [-0.15, -0.1) is 0 Å². The van der Waals surface area contributed by atoms with E-state index in [1.165, 1.54) is 0 Å². The Balaban J connectivity index is 3.92. The van der Waals surface area contributed by atoms with Gasteiger partial charge in [0.15, 0.2) is 0 Å². The lowest BCUT2D eigenvalue weighted by molar-refractivity contribution is 1.09. The van der Waals surface area contributed by atoms with Crippen LogP contribution in [0.3, 0.4) is 0 Å². The molecule has 0 aromatic carbocycles. The molecule has 0 aliphatic rings. The minimum Gasteiger partial charge on any atom is -0.399 e. The molecule has 0 aromatic heterocycles. The first kappa shape index (κ1) is 7.28. The normalized spacial score (nSPS) is 11.5. The van der Waals surface area contributed by atoms with E-state index in [9.17, 15) is 0 Å². The Morgan fingerprint density at radius 2 is 2.25 bits per heavy atom. The van der Waals surface area contributed by atoms with Crippen molar-refractivity contribution in [3.05, 3.63) is 23.9 Å². The van der Waals surface area contributed by atoms with Crippen LogP contribution in [0.5, 0.6) is 0 Å². The lowest BCUT2D eigenvalue weighted by Gasteiger charge is -1.98. The van der Waals surface area contributed by atoms with Crippen molar-refractivity contribution >= 4 is 0 Å². The summed E-state index contributed by atoms with van der Waals surface area (Å²) in [6.45, 7) is 7.64. The van der Waals surface area contributed by atoms with Crippen LogP contribution in [0.4, 0.5) is 0 Å². The Bertz CT molecular complexity index is 112. The zero-order chi connectivity index (χ0) is 6.57. The van der Waals surface area contributed by atoms with Crippen molar-refractivity contribution in [1.82, 2.24) is 0 Å². The van der Waals surface area contributed by atoms with E-state index in [0.717, 1.165) is 12.0 Å². The van der Waals surface area contributed by atoms with Gasteiger partial charge in [0, 0.05) is 5.70 Å². The van der Waals surface area contributed by atoms with E-state index in [1.54, 1.807) is 0 Å². The molecule has 0 heterocycles. The van der Waals surface area contributed by atoms with Gasteiger partial charge in [0.1, 0.15) is 0 Å². The van der Waals surface area contributed by atoms with Crippen molar-refractivity contribution in [2.24, 2.45) is 5.73 Å². The third-order valence-corrected chi connectivity index (χ3v) is 1.14. The Morgan fingerprint density at radius 3 is 2.25 bits per heavy atom. The molecule has 8 heavy (non-hydrogen) atoms. The van der Waals surface area contributed by atoms with E-state index < -0.39 is 0 Å². The van der Waals surface area contributed by atoms with E-state index in [4.69, 9.17) is 5.73 Å². The van der Waals surface area contributed by atoms with Crippen LogP contribution in [-0.4, -0.2) is 0 Å². The fraction of sp³-hybridized carbons (Fsp3) is 0.429. The highest BCUT2D eigenvalue weighted by molar-refractivity contribution is 5.23. The van der Waals surface area contributed by atoms with E-state index in [0.29, 0.717) is 5.70 Å². The van der Waals surface area contributed by atoms with Gasteiger partial charge in [-0.2, -0.15) is 0 Å². The zero-order valence-electron chi connectivity index (χ0n) is 5.57. The Morgan fingerprint density at radius 1 is 1.75 bits per heavy atom. The minimum absolute atomic E-state index is 0.690. The smallest absolute Gasteiger partial charge is 0.0270 e. The summed E-state index contributed by atoms with van der Waals surface area (Å²) in [5.74, 6) is 0. The molecule has 0 saturated carbocycles. The number of hydrogen-bond donors (Lipinski definition) is 1. The van der Waals surface area contributed by atoms with Crippen molar-refractivity contribution in [1.29, 1.82) is 0 Å². The summed E-state index contributed by atoms with van der Waals surface area (Å²) in [5.41, 5.74) is 7.23. The second-order valence-electron chi connectivity index (χ2n) is 1.69. The van der Waals surface area contributed by atoms with Crippen LogP contribution in [0.25, 0.3) is 0 Å². The molecule has 0 atom stereocenters. The van der Waals surface area contributed by atoms with Crippen LogP contribution in [0, 0.1) is 0 Å². The first-order valence-corrected chi connectivity index (χ1v) is 2.82. The highest BCUT2D eigenvalue weighted by Crippen LogP contribution is 2.04. The topological polar surface area (TPSA) is 26.0 Å². The number of hydrogen-bond acceptors (Lipinski definition) is 1. The molecule has 1 nitrogen and oxygen atoms in total. The zero-order valence-corrected chi connectivity index (χ0v) is 5.57. The molecule has 0 amide bonds.